The molecule has 0 aromatic heterocycles. The minimum atomic E-state index is -0.279. The molecule has 0 bridgehead atoms. The van der Waals surface area contributed by atoms with Gasteiger partial charge in [0.2, 0.25) is 0 Å². The van der Waals surface area contributed by atoms with E-state index in [1.54, 1.807) is 18.2 Å². The normalized spacial score (nSPS) is 18.7. The molecule has 98 valence electrons. The SMILES string of the molecule is CC1(C)CN(C(=O)c2ccc(N)c(Br)c2)CCO1. The Morgan fingerprint density at radius 1 is 1.50 bits per heavy atom. The lowest BCUT2D eigenvalue weighted by atomic mass is 10.1. The fourth-order valence-corrected chi connectivity index (χ4v) is 2.41. The van der Waals surface area contributed by atoms with Crippen molar-refractivity contribution in [2.24, 2.45) is 0 Å². The predicted molar refractivity (Wildman–Crippen MR) is 74.5 cm³/mol. The molecule has 0 radical (unpaired) electrons. The molecule has 1 aromatic carbocycles. The Morgan fingerprint density at radius 3 is 2.83 bits per heavy atom. The lowest BCUT2D eigenvalue weighted by Crippen LogP contribution is -2.50. The van der Waals surface area contributed by atoms with Crippen LogP contribution in [0, 0.1) is 0 Å². The van der Waals surface area contributed by atoms with Gasteiger partial charge < -0.3 is 15.4 Å². The minimum absolute atomic E-state index is 0.0204. The molecule has 4 nitrogen and oxygen atoms in total. The van der Waals surface area contributed by atoms with Crippen molar-refractivity contribution in [3.05, 3.63) is 28.2 Å². The number of carbonyl (C=O) groups is 1. The van der Waals surface area contributed by atoms with E-state index in [-0.39, 0.29) is 11.5 Å². The second-order valence-corrected chi connectivity index (χ2v) is 5.93. The highest BCUT2D eigenvalue weighted by molar-refractivity contribution is 9.10. The van der Waals surface area contributed by atoms with Crippen LogP contribution in [0.4, 0.5) is 5.69 Å². The maximum Gasteiger partial charge on any atom is 0.254 e. The first kappa shape index (κ1) is 13.4. The molecule has 0 saturated carbocycles. The van der Waals surface area contributed by atoms with E-state index in [0.717, 1.165) is 4.47 Å². The quantitative estimate of drug-likeness (QED) is 0.809. The molecule has 2 N–H and O–H groups in total. The van der Waals surface area contributed by atoms with Crippen LogP contribution in [0.15, 0.2) is 22.7 Å². The van der Waals surface area contributed by atoms with Gasteiger partial charge >= 0.3 is 0 Å². The summed E-state index contributed by atoms with van der Waals surface area (Å²) in [6, 6.07) is 5.26. The summed E-state index contributed by atoms with van der Waals surface area (Å²) < 4.78 is 6.35. The summed E-state index contributed by atoms with van der Waals surface area (Å²) >= 11 is 3.34. The van der Waals surface area contributed by atoms with Crippen molar-refractivity contribution in [3.63, 3.8) is 0 Å². The van der Waals surface area contributed by atoms with Crippen LogP contribution >= 0.6 is 15.9 Å². The summed E-state index contributed by atoms with van der Waals surface area (Å²) in [7, 11) is 0. The number of nitrogens with zero attached hydrogens (tertiary/aromatic N) is 1. The summed E-state index contributed by atoms with van der Waals surface area (Å²) in [5, 5.41) is 0. The summed E-state index contributed by atoms with van der Waals surface area (Å²) in [5.74, 6) is 0.0204. The second kappa shape index (κ2) is 4.90. The topological polar surface area (TPSA) is 55.6 Å². The van der Waals surface area contributed by atoms with Gasteiger partial charge in [0, 0.05) is 28.8 Å². The van der Waals surface area contributed by atoms with Crippen molar-refractivity contribution < 1.29 is 9.53 Å². The third-order valence-electron chi connectivity index (χ3n) is 2.96. The Hall–Kier alpha value is -1.07. The van der Waals surface area contributed by atoms with E-state index in [2.05, 4.69) is 15.9 Å². The summed E-state index contributed by atoms with van der Waals surface area (Å²) in [6.07, 6.45) is 0. The Morgan fingerprint density at radius 2 is 2.22 bits per heavy atom. The van der Waals surface area contributed by atoms with Crippen LogP contribution in [-0.4, -0.2) is 36.1 Å². The molecule has 0 unspecified atom stereocenters. The van der Waals surface area contributed by atoms with Gasteiger partial charge in [-0.25, -0.2) is 0 Å². The smallest absolute Gasteiger partial charge is 0.254 e. The Kier molecular flexibility index (Phi) is 3.64. The first-order valence-corrected chi connectivity index (χ1v) is 6.67. The van der Waals surface area contributed by atoms with E-state index >= 15 is 0 Å². The number of morpholine rings is 1. The van der Waals surface area contributed by atoms with Gasteiger partial charge in [0.05, 0.1) is 12.2 Å². The van der Waals surface area contributed by atoms with Gasteiger partial charge in [0.1, 0.15) is 0 Å². The van der Waals surface area contributed by atoms with Crippen LogP contribution in [0.5, 0.6) is 0 Å². The summed E-state index contributed by atoms with van der Waals surface area (Å²) in [5.41, 5.74) is 6.72. The number of nitrogen functional groups attached to an aromatic ring is 1. The van der Waals surface area contributed by atoms with E-state index in [1.807, 2.05) is 18.7 Å². The summed E-state index contributed by atoms with van der Waals surface area (Å²) in [6.45, 7) is 5.80. The van der Waals surface area contributed by atoms with Gasteiger partial charge in [0.15, 0.2) is 0 Å². The fourth-order valence-electron chi connectivity index (χ4n) is 2.03. The highest BCUT2D eigenvalue weighted by Crippen LogP contribution is 2.23. The van der Waals surface area contributed by atoms with Gasteiger partial charge in [0.25, 0.3) is 5.91 Å². The molecule has 1 amide bonds. The van der Waals surface area contributed by atoms with Crippen molar-refractivity contribution in [1.82, 2.24) is 4.90 Å². The van der Waals surface area contributed by atoms with E-state index in [1.165, 1.54) is 0 Å². The number of ether oxygens (including phenoxy) is 1. The van der Waals surface area contributed by atoms with Gasteiger partial charge in [-0.05, 0) is 48.0 Å². The van der Waals surface area contributed by atoms with Crippen LogP contribution in [0.2, 0.25) is 0 Å². The highest BCUT2D eigenvalue weighted by Gasteiger charge is 2.30. The van der Waals surface area contributed by atoms with Crippen molar-refractivity contribution in [3.8, 4) is 0 Å². The third-order valence-corrected chi connectivity index (χ3v) is 3.65. The Bertz CT molecular complexity index is 474. The molecule has 5 heteroatoms. The minimum Gasteiger partial charge on any atom is -0.398 e. The standard InChI is InChI=1S/C13H17BrN2O2/c1-13(2)8-16(5-6-18-13)12(17)9-3-4-11(15)10(14)7-9/h3-4,7H,5-6,8,15H2,1-2H3. The summed E-state index contributed by atoms with van der Waals surface area (Å²) in [4.78, 5) is 14.2. The van der Waals surface area contributed by atoms with E-state index in [4.69, 9.17) is 10.5 Å². The van der Waals surface area contributed by atoms with Gasteiger partial charge in [-0.15, -0.1) is 0 Å². The van der Waals surface area contributed by atoms with Crippen LogP contribution in [0.25, 0.3) is 0 Å². The largest absolute Gasteiger partial charge is 0.398 e. The van der Waals surface area contributed by atoms with Crippen molar-refractivity contribution in [2.45, 2.75) is 19.4 Å². The van der Waals surface area contributed by atoms with Crippen LogP contribution < -0.4 is 5.73 Å². The number of anilines is 1. The van der Waals surface area contributed by atoms with Crippen molar-refractivity contribution in [1.29, 1.82) is 0 Å². The monoisotopic (exact) mass is 312 g/mol. The molecule has 1 saturated heterocycles. The third kappa shape index (κ3) is 2.84. The second-order valence-electron chi connectivity index (χ2n) is 5.07. The number of nitrogens with two attached hydrogens (primary N) is 1. The molecule has 0 aliphatic carbocycles. The average molecular weight is 313 g/mol. The molecular formula is C13H17BrN2O2. The predicted octanol–water partition coefficient (Wildman–Crippen LogP) is 2.28. The number of hydrogen-bond acceptors (Lipinski definition) is 3. The van der Waals surface area contributed by atoms with Crippen LogP contribution in [0.1, 0.15) is 24.2 Å². The molecule has 1 aliphatic rings. The number of halogens is 1. The molecule has 0 atom stereocenters. The maximum absolute atomic E-state index is 12.4. The lowest BCUT2D eigenvalue weighted by Gasteiger charge is -2.38. The fraction of sp³-hybridized carbons (Fsp3) is 0.462. The molecular weight excluding hydrogens is 296 g/mol. The zero-order valence-electron chi connectivity index (χ0n) is 10.6. The number of hydrogen-bond donors (Lipinski definition) is 1. The lowest BCUT2D eigenvalue weighted by molar-refractivity contribution is -0.0764. The van der Waals surface area contributed by atoms with Crippen LogP contribution in [0.3, 0.4) is 0 Å². The zero-order valence-corrected chi connectivity index (χ0v) is 12.2. The van der Waals surface area contributed by atoms with Gasteiger partial charge in [-0.2, -0.15) is 0 Å². The number of carbonyl (C=O) groups excluding carboxylic acids is 1. The van der Waals surface area contributed by atoms with Crippen LogP contribution in [-0.2, 0) is 4.74 Å². The van der Waals surface area contributed by atoms with E-state index in [0.29, 0.717) is 30.9 Å². The number of amides is 1. The van der Waals surface area contributed by atoms with Gasteiger partial charge in [-0.1, -0.05) is 0 Å². The highest BCUT2D eigenvalue weighted by atomic mass is 79.9. The zero-order chi connectivity index (χ0) is 13.3. The number of benzene rings is 1. The molecule has 18 heavy (non-hydrogen) atoms. The van der Waals surface area contributed by atoms with Gasteiger partial charge in [-0.3, -0.25) is 4.79 Å². The molecule has 0 spiro atoms. The molecule has 1 heterocycles. The molecule has 1 aromatic rings. The first-order valence-electron chi connectivity index (χ1n) is 5.87. The first-order chi connectivity index (χ1) is 8.39. The van der Waals surface area contributed by atoms with E-state index < -0.39 is 0 Å². The van der Waals surface area contributed by atoms with E-state index in [9.17, 15) is 4.79 Å². The molecule has 1 fully saturated rings. The molecule has 1 aliphatic heterocycles. The van der Waals surface area contributed by atoms with Crippen molar-refractivity contribution >= 4 is 27.5 Å². The Balaban J connectivity index is 2.18. The maximum atomic E-state index is 12.4. The Labute approximate surface area is 115 Å². The van der Waals surface area contributed by atoms with Crippen molar-refractivity contribution in [2.75, 3.05) is 25.4 Å². The number of rotatable bonds is 1. The molecule has 2 rings (SSSR count). The average Bonchev–Trinajstić information content (AvgIpc) is 2.30.